The summed E-state index contributed by atoms with van der Waals surface area (Å²) in [5.41, 5.74) is 6.65. The van der Waals surface area contributed by atoms with Crippen LogP contribution in [0.2, 0.25) is 0 Å². The number of hydrogen-bond acceptors (Lipinski definition) is 3. The highest BCUT2D eigenvalue weighted by Gasteiger charge is 2.29. The van der Waals surface area contributed by atoms with Crippen molar-refractivity contribution in [2.45, 2.75) is 31.7 Å². The fraction of sp³-hybridized carbons (Fsp3) is 0.562. The van der Waals surface area contributed by atoms with E-state index in [1.54, 1.807) is 0 Å². The maximum atomic E-state index is 11.6. The molecule has 0 aliphatic carbocycles. The van der Waals surface area contributed by atoms with Crippen LogP contribution in [0.3, 0.4) is 0 Å². The molecule has 4 heteroatoms. The third kappa shape index (κ3) is 3.58. The van der Waals surface area contributed by atoms with E-state index in [4.69, 9.17) is 5.73 Å². The Morgan fingerprint density at radius 2 is 2.10 bits per heavy atom. The van der Waals surface area contributed by atoms with E-state index in [0.29, 0.717) is 25.0 Å². The van der Waals surface area contributed by atoms with E-state index < -0.39 is 11.9 Å². The van der Waals surface area contributed by atoms with Gasteiger partial charge in [0.15, 0.2) is 0 Å². The van der Waals surface area contributed by atoms with Crippen LogP contribution in [-0.4, -0.2) is 41.7 Å². The van der Waals surface area contributed by atoms with Crippen LogP contribution >= 0.6 is 0 Å². The van der Waals surface area contributed by atoms with Gasteiger partial charge >= 0.3 is 5.97 Å². The molecule has 4 nitrogen and oxygen atoms in total. The van der Waals surface area contributed by atoms with Crippen molar-refractivity contribution in [1.29, 1.82) is 0 Å². The van der Waals surface area contributed by atoms with E-state index in [2.05, 4.69) is 11.8 Å². The maximum Gasteiger partial charge on any atom is 0.312 e. The molecular weight excluding hydrogens is 252 g/mol. The number of carboxylic acid groups (broad SMARTS) is 1. The molecule has 1 heterocycles. The van der Waals surface area contributed by atoms with Gasteiger partial charge in [-0.1, -0.05) is 30.3 Å². The summed E-state index contributed by atoms with van der Waals surface area (Å²) in [5, 5.41) is 9.52. The lowest BCUT2D eigenvalue weighted by atomic mass is 9.91. The summed E-state index contributed by atoms with van der Waals surface area (Å²) in [6.07, 6.45) is 2.25. The lowest BCUT2D eigenvalue weighted by Crippen LogP contribution is -2.46. The quantitative estimate of drug-likeness (QED) is 0.862. The Morgan fingerprint density at radius 1 is 1.40 bits per heavy atom. The molecule has 3 N–H and O–H groups in total. The second kappa shape index (κ2) is 6.86. The van der Waals surface area contributed by atoms with Crippen LogP contribution in [0.4, 0.5) is 0 Å². The van der Waals surface area contributed by atoms with Crippen LogP contribution in [0.5, 0.6) is 0 Å². The molecule has 1 aliphatic heterocycles. The van der Waals surface area contributed by atoms with Gasteiger partial charge in [0.2, 0.25) is 0 Å². The van der Waals surface area contributed by atoms with Gasteiger partial charge in [0.05, 0.1) is 5.92 Å². The van der Waals surface area contributed by atoms with Gasteiger partial charge in [0, 0.05) is 19.1 Å². The minimum Gasteiger partial charge on any atom is -0.481 e. The summed E-state index contributed by atoms with van der Waals surface area (Å²) >= 11 is 0. The van der Waals surface area contributed by atoms with E-state index in [0.717, 1.165) is 24.9 Å². The number of hydrogen-bond donors (Lipinski definition) is 2. The van der Waals surface area contributed by atoms with E-state index in [1.807, 2.05) is 30.3 Å². The lowest BCUT2D eigenvalue weighted by Gasteiger charge is -2.39. The molecule has 3 unspecified atom stereocenters. The molecule has 0 saturated carbocycles. The summed E-state index contributed by atoms with van der Waals surface area (Å²) in [6, 6.07) is 9.93. The van der Waals surface area contributed by atoms with Gasteiger partial charge in [0.25, 0.3) is 0 Å². The van der Waals surface area contributed by atoms with Gasteiger partial charge in [-0.2, -0.15) is 0 Å². The fourth-order valence-corrected chi connectivity index (χ4v) is 2.96. The average Bonchev–Trinajstić information content (AvgIpc) is 2.47. The Labute approximate surface area is 120 Å². The summed E-state index contributed by atoms with van der Waals surface area (Å²) in [4.78, 5) is 13.9. The highest BCUT2D eigenvalue weighted by atomic mass is 16.4. The number of benzene rings is 1. The highest BCUT2D eigenvalue weighted by Crippen LogP contribution is 2.25. The first-order valence-corrected chi connectivity index (χ1v) is 7.33. The Hall–Kier alpha value is -1.39. The number of aliphatic carboxylic acids is 1. The summed E-state index contributed by atoms with van der Waals surface area (Å²) in [7, 11) is 0. The molecule has 1 aliphatic rings. The molecule has 2 rings (SSSR count). The maximum absolute atomic E-state index is 11.6. The van der Waals surface area contributed by atoms with Crippen LogP contribution in [0.25, 0.3) is 0 Å². The van der Waals surface area contributed by atoms with Gasteiger partial charge in [-0.3, -0.25) is 9.69 Å². The zero-order valence-corrected chi connectivity index (χ0v) is 12.0. The molecule has 1 fully saturated rings. The molecule has 1 aromatic carbocycles. The second-order valence-electron chi connectivity index (χ2n) is 5.78. The van der Waals surface area contributed by atoms with Crippen LogP contribution < -0.4 is 5.73 Å². The number of rotatable bonds is 5. The SMILES string of the molecule is CC1CCC(CN)CN1CC(C(=O)O)c1ccccc1. The Morgan fingerprint density at radius 3 is 2.70 bits per heavy atom. The summed E-state index contributed by atoms with van der Waals surface area (Å²) in [6.45, 7) is 4.34. The van der Waals surface area contributed by atoms with Crippen LogP contribution in [0, 0.1) is 5.92 Å². The Kier molecular flexibility index (Phi) is 5.15. The molecule has 1 saturated heterocycles. The molecular formula is C16H24N2O2. The van der Waals surface area contributed by atoms with E-state index in [-0.39, 0.29) is 0 Å². The second-order valence-corrected chi connectivity index (χ2v) is 5.78. The molecule has 0 radical (unpaired) electrons. The number of likely N-dealkylation sites (tertiary alicyclic amines) is 1. The van der Waals surface area contributed by atoms with E-state index >= 15 is 0 Å². The van der Waals surface area contributed by atoms with Gasteiger partial charge in [-0.25, -0.2) is 0 Å². The zero-order valence-electron chi connectivity index (χ0n) is 12.0. The number of nitrogens with zero attached hydrogens (tertiary/aromatic N) is 1. The molecule has 1 aromatic rings. The van der Waals surface area contributed by atoms with Crippen molar-refractivity contribution in [3.8, 4) is 0 Å². The lowest BCUT2D eigenvalue weighted by molar-refractivity contribution is -0.139. The smallest absolute Gasteiger partial charge is 0.312 e. The number of carbonyl (C=O) groups is 1. The van der Waals surface area contributed by atoms with Gasteiger partial charge in [0.1, 0.15) is 0 Å². The van der Waals surface area contributed by atoms with Crippen molar-refractivity contribution in [3.05, 3.63) is 35.9 Å². The Balaban J connectivity index is 2.09. The van der Waals surface area contributed by atoms with Crippen molar-refractivity contribution in [2.75, 3.05) is 19.6 Å². The van der Waals surface area contributed by atoms with Gasteiger partial charge in [-0.15, -0.1) is 0 Å². The molecule has 3 atom stereocenters. The normalized spacial score (nSPS) is 25.3. The van der Waals surface area contributed by atoms with Gasteiger partial charge in [-0.05, 0) is 37.8 Å². The van der Waals surface area contributed by atoms with E-state index in [9.17, 15) is 9.90 Å². The molecule has 20 heavy (non-hydrogen) atoms. The molecule has 0 aromatic heterocycles. The number of nitrogens with two attached hydrogens (primary N) is 1. The van der Waals surface area contributed by atoms with Crippen LogP contribution in [0.15, 0.2) is 30.3 Å². The van der Waals surface area contributed by atoms with Crippen molar-refractivity contribution in [2.24, 2.45) is 11.7 Å². The monoisotopic (exact) mass is 276 g/mol. The molecule has 110 valence electrons. The largest absolute Gasteiger partial charge is 0.481 e. The fourth-order valence-electron chi connectivity index (χ4n) is 2.96. The van der Waals surface area contributed by atoms with Crippen molar-refractivity contribution < 1.29 is 9.90 Å². The minimum absolute atomic E-state index is 0.434. The minimum atomic E-state index is -0.752. The van der Waals surface area contributed by atoms with E-state index in [1.165, 1.54) is 0 Å². The summed E-state index contributed by atoms with van der Waals surface area (Å²) < 4.78 is 0. The number of carboxylic acids is 1. The van der Waals surface area contributed by atoms with Gasteiger partial charge < -0.3 is 10.8 Å². The third-order valence-electron chi connectivity index (χ3n) is 4.36. The molecule has 0 amide bonds. The first-order chi connectivity index (χ1) is 9.61. The average molecular weight is 276 g/mol. The predicted molar refractivity (Wildman–Crippen MR) is 79.6 cm³/mol. The first-order valence-electron chi connectivity index (χ1n) is 7.33. The molecule has 0 spiro atoms. The summed E-state index contributed by atoms with van der Waals surface area (Å²) in [5.74, 6) is -0.718. The first kappa shape index (κ1) is 15.0. The highest BCUT2D eigenvalue weighted by molar-refractivity contribution is 5.76. The third-order valence-corrected chi connectivity index (χ3v) is 4.36. The topological polar surface area (TPSA) is 66.6 Å². The Bertz CT molecular complexity index is 435. The van der Waals surface area contributed by atoms with Crippen molar-refractivity contribution >= 4 is 5.97 Å². The standard InChI is InChI=1S/C16H24N2O2/c1-12-7-8-13(9-17)10-18(12)11-15(16(19)20)14-5-3-2-4-6-14/h2-6,12-13,15H,7-11,17H2,1H3,(H,19,20). The van der Waals surface area contributed by atoms with Crippen LogP contribution in [0.1, 0.15) is 31.2 Å². The van der Waals surface area contributed by atoms with Crippen molar-refractivity contribution in [1.82, 2.24) is 4.90 Å². The van der Waals surface area contributed by atoms with Crippen molar-refractivity contribution in [3.63, 3.8) is 0 Å². The zero-order chi connectivity index (χ0) is 14.5. The molecule has 0 bridgehead atoms. The number of piperidine rings is 1. The van der Waals surface area contributed by atoms with Crippen LogP contribution in [-0.2, 0) is 4.79 Å². The predicted octanol–water partition coefficient (Wildman–Crippen LogP) is 1.91.